The molecule has 0 heterocycles. The first-order valence-corrected chi connectivity index (χ1v) is 26.2. The molecule has 0 aliphatic heterocycles. The van der Waals surface area contributed by atoms with E-state index in [1.54, 1.807) is 0 Å². The molecule has 0 unspecified atom stereocenters. The Labute approximate surface area is 368 Å². The van der Waals surface area contributed by atoms with Crippen molar-refractivity contribution < 1.29 is 28.6 Å². The lowest BCUT2D eigenvalue weighted by Gasteiger charge is -2.18. The molecule has 0 aromatic rings. The molecule has 0 aliphatic carbocycles. The number of ether oxygens (including phenoxy) is 3. The molecule has 1 atom stereocenters. The van der Waals surface area contributed by atoms with Gasteiger partial charge in [0.15, 0.2) is 6.10 Å². The number of unbranched alkanes of at least 4 members (excludes halogenated alkanes) is 32. The van der Waals surface area contributed by atoms with Crippen LogP contribution in [-0.4, -0.2) is 37.2 Å². The van der Waals surface area contributed by atoms with E-state index in [9.17, 15) is 14.4 Å². The molecule has 0 aromatic heterocycles. The largest absolute Gasteiger partial charge is 0.462 e. The molecule has 0 aromatic carbocycles. The van der Waals surface area contributed by atoms with Crippen molar-refractivity contribution in [3.8, 4) is 0 Å². The molecular formula is C53H102O6. The summed E-state index contributed by atoms with van der Waals surface area (Å²) in [6, 6.07) is 0. The Morgan fingerprint density at radius 2 is 0.559 bits per heavy atom. The van der Waals surface area contributed by atoms with E-state index in [1.807, 2.05) is 0 Å². The molecule has 0 radical (unpaired) electrons. The number of rotatable bonds is 47. The number of carbonyl (C=O) groups is 3. The first kappa shape index (κ1) is 57.4. The zero-order valence-electron chi connectivity index (χ0n) is 40.4. The highest BCUT2D eigenvalue weighted by Crippen LogP contribution is 2.17. The van der Waals surface area contributed by atoms with Crippen LogP contribution in [0.4, 0.5) is 0 Å². The van der Waals surface area contributed by atoms with Gasteiger partial charge in [-0.3, -0.25) is 14.4 Å². The van der Waals surface area contributed by atoms with Crippen LogP contribution in [-0.2, 0) is 28.6 Å². The SMILES string of the molecule is CCCCCCCCCCCCCCCC(=O)OC[C@H](COC(=O)CCCCCCCCCCCC(C)C)OC(=O)CCCCCCCCCCCCCCCC(C)C. The van der Waals surface area contributed by atoms with Gasteiger partial charge in [0.25, 0.3) is 0 Å². The van der Waals surface area contributed by atoms with Gasteiger partial charge in [-0.1, -0.05) is 253 Å². The second-order valence-electron chi connectivity index (χ2n) is 19.1. The maximum absolute atomic E-state index is 12.8. The molecular weight excluding hydrogens is 733 g/mol. The van der Waals surface area contributed by atoms with Gasteiger partial charge < -0.3 is 14.2 Å². The van der Waals surface area contributed by atoms with Crippen molar-refractivity contribution in [2.24, 2.45) is 11.8 Å². The highest BCUT2D eigenvalue weighted by Gasteiger charge is 2.19. The topological polar surface area (TPSA) is 78.9 Å². The minimum Gasteiger partial charge on any atom is -0.462 e. The van der Waals surface area contributed by atoms with Crippen LogP contribution in [0.2, 0.25) is 0 Å². The molecule has 0 spiro atoms. The second kappa shape index (κ2) is 45.9. The summed E-state index contributed by atoms with van der Waals surface area (Å²) in [5.41, 5.74) is 0. The Morgan fingerprint density at radius 1 is 0.322 bits per heavy atom. The first-order valence-electron chi connectivity index (χ1n) is 26.2. The summed E-state index contributed by atoms with van der Waals surface area (Å²) in [6.07, 6.45) is 46.6. The van der Waals surface area contributed by atoms with Crippen molar-refractivity contribution in [3.05, 3.63) is 0 Å². The standard InChI is InChI=1S/C53H102O6/c1-6-7-8-9-10-11-12-14-18-23-28-33-38-43-51(54)57-46-50(47-58-52(55)44-39-34-29-25-20-22-27-32-37-42-49(4)5)59-53(56)45-40-35-30-24-19-16-13-15-17-21-26-31-36-41-48(2)3/h48-50H,6-47H2,1-5H3/t50-/m1/s1. The maximum Gasteiger partial charge on any atom is 0.306 e. The number of hydrogen-bond acceptors (Lipinski definition) is 6. The summed E-state index contributed by atoms with van der Waals surface area (Å²) in [5, 5.41) is 0. The number of carbonyl (C=O) groups excluding carboxylic acids is 3. The van der Waals surface area contributed by atoms with E-state index in [1.165, 1.54) is 180 Å². The monoisotopic (exact) mass is 835 g/mol. The van der Waals surface area contributed by atoms with E-state index >= 15 is 0 Å². The highest BCUT2D eigenvalue weighted by molar-refractivity contribution is 5.71. The van der Waals surface area contributed by atoms with Gasteiger partial charge in [0.05, 0.1) is 0 Å². The fourth-order valence-electron chi connectivity index (χ4n) is 7.99. The molecule has 0 rings (SSSR count). The van der Waals surface area contributed by atoms with Gasteiger partial charge in [0.1, 0.15) is 13.2 Å². The molecule has 0 N–H and O–H groups in total. The lowest BCUT2D eigenvalue weighted by molar-refractivity contribution is -0.167. The van der Waals surface area contributed by atoms with E-state index in [0.29, 0.717) is 19.3 Å². The van der Waals surface area contributed by atoms with E-state index in [2.05, 4.69) is 34.6 Å². The molecule has 350 valence electrons. The fourth-order valence-corrected chi connectivity index (χ4v) is 7.99. The summed E-state index contributed by atoms with van der Waals surface area (Å²) >= 11 is 0. The maximum atomic E-state index is 12.8. The number of esters is 3. The van der Waals surface area contributed by atoms with Crippen molar-refractivity contribution in [2.45, 2.75) is 298 Å². The first-order chi connectivity index (χ1) is 28.7. The van der Waals surface area contributed by atoms with Crippen LogP contribution < -0.4 is 0 Å². The van der Waals surface area contributed by atoms with E-state index in [0.717, 1.165) is 69.6 Å². The van der Waals surface area contributed by atoms with E-state index in [4.69, 9.17) is 14.2 Å². The summed E-state index contributed by atoms with van der Waals surface area (Å²) in [6.45, 7) is 11.4. The lowest BCUT2D eigenvalue weighted by Crippen LogP contribution is -2.30. The Morgan fingerprint density at radius 3 is 0.831 bits per heavy atom. The zero-order valence-corrected chi connectivity index (χ0v) is 40.4. The molecule has 6 heteroatoms. The Hall–Kier alpha value is -1.59. The molecule has 0 bridgehead atoms. The van der Waals surface area contributed by atoms with Gasteiger partial charge in [0, 0.05) is 19.3 Å². The van der Waals surface area contributed by atoms with Crippen LogP contribution in [0.3, 0.4) is 0 Å². The van der Waals surface area contributed by atoms with E-state index in [-0.39, 0.29) is 31.1 Å². The average Bonchev–Trinajstić information content (AvgIpc) is 3.20. The fraction of sp³-hybridized carbons (Fsp3) is 0.943. The van der Waals surface area contributed by atoms with Gasteiger partial charge >= 0.3 is 17.9 Å². The Balaban J connectivity index is 4.31. The molecule has 0 saturated heterocycles. The molecule has 0 saturated carbocycles. The van der Waals surface area contributed by atoms with Gasteiger partial charge in [-0.15, -0.1) is 0 Å². The van der Waals surface area contributed by atoms with Gasteiger partial charge in [-0.05, 0) is 31.1 Å². The molecule has 0 aliphatic rings. The molecule has 0 fully saturated rings. The van der Waals surface area contributed by atoms with Gasteiger partial charge in [-0.2, -0.15) is 0 Å². The predicted molar refractivity (Wildman–Crippen MR) is 252 cm³/mol. The van der Waals surface area contributed by atoms with Crippen LogP contribution >= 0.6 is 0 Å². The summed E-state index contributed by atoms with van der Waals surface area (Å²) in [4.78, 5) is 37.9. The smallest absolute Gasteiger partial charge is 0.306 e. The average molecular weight is 835 g/mol. The third kappa shape index (κ3) is 47.3. The third-order valence-electron chi connectivity index (χ3n) is 12.0. The van der Waals surface area contributed by atoms with Crippen molar-refractivity contribution >= 4 is 17.9 Å². The summed E-state index contributed by atoms with van der Waals surface area (Å²) in [5.74, 6) is 0.799. The number of hydrogen-bond donors (Lipinski definition) is 0. The Kier molecular flexibility index (Phi) is 44.7. The van der Waals surface area contributed by atoms with Crippen LogP contribution in [0.1, 0.15) is 291 Å². The second-order valence-corrected chi connectivity index (χ2v) is 19.1. The van der Waals surface area contributed by atoms with Crippen LogP contribution in [0.15, 0.2) is 0 Å². The van der Waals surface area contributed by atoms with Crippen LogP contribution in [0.5, 0.6) is 0 Å². The van der Waals surface area contributed by atoms with Crippen molar-refractivity contribution in [2.75, 3.05) is 13.2 Å². The van der Waals surface area contributed by atoms with Gasteiger partial charge in [0.2, 0.25) is 0 Å². The van der Waals surface area contributed by atoms with Crippen molar-refractivity contribution in [1.82, 2.24) is 0 Å². The van der Waals surface area contributed by atoms with Crippen molar-refractivity contribution in [1.29, 1.82) is 0 Å². The van der Waals surface area contributed by atoms with Crippen LogP contribution in [0, 0.1) is 11.8 Å². The third-order valence-corrected chi connectivity index (χ3v) is 12.0. The minimum absolute atomic E-state index is 0.0636. The van der Waals surface area contributed by atoms with Crippen LogP contribution in [0.25, 0.3) is 0 Å². The molecule has 6 nitrogen and oxygen atoms in total. The van der Waals surface area contributed by atoms with Crippen molar-refractivity contribution in [3.63, 3.8) is 0 Å². The minimum atomic E-state index is -0.761. The molecule has 59 heavy (non-hydrogen) atoms. The zero-order chi connectivity index (χ0) is 43.3. The quantitative estimate of drug-likeness (QED) is 0.0345. The lowest BCUT2D eigenvalue weighted by atomic mass is 10.0. The predicted octanol–water partition coefficient (Wildman–Crippen LogP) is 16.9. The van der Waals surface area contributed by atoms with Gasteiger partial charge in [-0.25, -0.2) is 0 Å². The van der Waals surface area contributed by atoms with E-state index < -0.39 is 6.10 Å². The summed E-state index contributed by atoms with van der Waals surface area (Å²) in [7, 11) is 0. The highest BCUT2D eigenvalue weighted by atomic mass is 16.6. The summed E-state index contributed by atoms with van der Waals surface area (Å²) < 4.78 is 16.8. The Bertz CT molecular complexity index is 900. The molecule has 0 amide bonds. The normalized spacial score (nSPS) is 12.1.